The number of aromatic nitrogens is 3. The molecule has 1 aromatic carbocycles. The van der Waals surface area contributed by atoms with Crippen molar-refractivity contribution < 1.29 is 14.7 Å². The molecule has 2 aromatic heterocycles. The minimum absolute atomic E-state index is 0.145. The lowest BCUT2D eigenvalue weighted by Gasteiger charge is -2.33. The molecule has 26 heavy (non-hydrogen) atoms. The van der Waals surface area contributed by atoms with E-state index >= 15 is 0 Å². The number of hydrogen-bond donors (Lipinski definition) is 3. The van der Waals surface area contributed by atoms with E-state index in [4.69, 9.17) is 0 Å². The normalized spacial score (nSPS) is 16.6. The van der Waals surface area contributed by atoms with E-state index in [2.05, 4.69) is 15.4 Å². The fourth-order valence-corrected chi connectivity index (χ4v) is 4.43. The third-order valence-corrected chi connectivity index (χ3v) is 5.72. The number of H-pyrrole nitrogens is 1. The highest BCUT2D eigenvalue weighted by Gasteiger charge is 2.41. The van der Waals surface area contributed by atoms with E-state index in [0.717, 1.165) is 0 Å². The summed E-state index contributed by atoms with van der Waals surface area (Å²) in [6.45, 7) is 0. The zero-order valence-electron chi connectivity index (χ0n) is 13.7. The van der Waals surface area contributed by atoms with Gasteiger partial charge in [0.2, 0.25) is 0 Å². The zero-order valence-corrected chi connectivity index (χ0v) is 14.5. The first-order valence-corrected chi connectivity index (χ1v) is 9.30. The summed E-state index contributed by atoms with van der Waals surface area (Å²) in [5.74, 6) is -0.257. The van der Waals surface area contributed by atoms with Crippen LogP contribution in [0.2, 0.25) is 0 Å². The number of aliphatic carboxylic acids is 1. The van der Waals surface area contributed by atoms with Crippen LogP contribution in [0.4, 0.5) is 0 Å². The zero-order chi connectivity index (χ0) is 18.3. The number of amides is 1. The monoisotopic (exact) mass is 372 g/mol. The molecular weight excluding hydrogens is 356 g/mol. The van der Waals surface area contributed by atoms with Gasteiger partial charge in [0, 0.05) is 0 Å². The fraction of sp³-hybridized carbons (Fsp3) is 0.294. The number of carboxylic acid groups (broad SMARTS) is 1. The van der Waals surface area contributed by atoms with Crippen molar-refractivity contribution in [2.45, 2.75) is 18.4 Å². The molecule has 1 saturated heterocycles. The van der Waals surface area contributed by atoms with Crippen molar-refractivity contribution in [1.29, 1.82) is 0 Å². The first-order chi connectivity index (χ1) is 12.5. The second-order valence-electron chi connectivity index (χ2n) is 6.24. The summed E-state index contributed by atoms with van der Waals surface area (Å²) in [7, 11) is 0. The summed E-state index contributed by atoms with van der Waals surface area (Å²) in [6, 6.07) is 6.94. The van der Waals surface area contributed by atoms with Crippen LogP contribution in [0, 0.1) is 0 Å². The van der Waals surface area contributed by atoms with E-state index in [1.54, 1.807) is 36.0 Å². The van der Waals surface area contributed by atoms with Crippen LogP contribution in [0.25, 0.3) is 16.6 Å². The van der Waals surface area contributed by atoms with Gasteiger partial charge >= 0.3 is 5.97 Å². The van der Waals surface area contributed by atoms with Crippen LogP contribution in [0.3, 0.4) is 0 Å². The van der Waals surface area contributed by atoms with Gasteiger partial charge < -0.3 is 15.4 Å². The first-order valence-electron chi connectivity index (χ1n) is 8.14. The summed E-state index contributed by atoms with van der Waals surface area (Å²) in [6.07, 6.45) is 2.06. The van der Waals surface area contributed by atoms with E-state index in [0.29, 0.717) is 35.3 Å². The highest BCUT2D eigenvalue weighted by Crippen LogP contribution is 2.28. The average Bonchev–Trinajstić information content (AvgIpc) is 3.06. The minimum atomic E-state index is -1.28. The number of rotatable bonds is 3. The number of nitrogens with zero attached hydrogens (tertiary/aromatic N) is 2. The Morgan fingerprint density at radius 3 is 2.73 bits per heavy atom. The summed E-state index contributed by atoms with van der Waals surface area (Å²) in [4.78, 5) is 39.5. The third kappa shape index (κ3) is 2.55. The molecule has 9 heteroatoms. The van der Waals surface area contributed by atoms with Gasteiger partial charge in [-0.2, -0.15) is 16.9 Å². The van der Waals surface area contributed by atoms with Gasteiger partial charge in [-0.25, -0.2) is 9.31 Å². The minimum Gasteiger partial charge on any atom is -0.480 e. The second-order valence-corrected chi connectivity index (χ2v) is 7.47. The van der Waals surface area contributed by atoms with Gasteiger partial charge in [-0.15, -0.1) is 0 Å². The maximum absolute atomic E-state index is 12.8. The lowest BCUT2D eigenvalue weighted by molar-refractivity contribution is -0.144. The number of para-hydroxylation sites is 1. The van der Waals surface area contributed by atoms with E-state index in [1.807, 2.05) is 0 Å². The van der Waals surface area contributed by atoms with Gasteiger partial charge in [-0.1, -0.05) is 12.1 Å². The lowest BCUT2D eigenvalue weighted by atomic mass is 9.92. The number of carbonyl (C=O) groups is 2. The summed E-state index contributed by atoms with van der Waals surface area (Å²) < 4.78 is 1.48. The standard InChI is InChI=1S/C17H16N4O4S/c22-14-10-3-1-2-4-12(10)21-13(19-14)11(9-18-21)15(23)20-17(16(24)25)5-7-26-8-6-17/h1-4,9H,5-8H2,(H,19,22)(H,20,23)(H,24,25). The largest absolute Gasteiger partial charge is 0.480 e. The smallest absolute Gasteiger partial charge is 0.329 e. The molecule has 1 aliphatic rings. The maximum Gasteiger partial charge on any atom is 0.329 e. The molecule has 8 nitrogen and oxygen atoms in total. The van der Waals surface area contributed by atoms with Crippen LogP contribution in [-0.2, 0) is 4.79 Å². The van der Waals surface area contributed by atoms with Gasteiger partial charge in [0.1, 0.15) is 16.7 Å². The van der Waals surface area contributed by atoms with Crippen molar-refractivity contribution >= 4 is 40.2 Å². The van der Waals surface area contributed by atoms with Crippen molar-refractivity contribution in [1.82, 2.24) is 19.9 Å². The Bertz CT molecular complexity index is 1080. The number of hydrogen-bond acceptors (Lipinski definition) is 5. The molecule has 0 aliphatic carbocycles. The first kappa shape index (κ1) is 16.6. The number of fused-ring (bicyclic) bond motifs is 3. The van der Waals surface area contributed by atoms with Crippen LogP contribution in [0.1, 0.15) is 23.2 Å². The molecule has 4 rings (SSSR count). The molecule has 0 spiro atoms. The molecular formula is C17H16N4O4S. The van der Waals surface area contributed by atoms with Crippen LogP contribution < -0.4 is 10.9 Å². The van der Waals surface area contributed by atoms with Gasteiger partial charge in [-0.05, 0) is 36.5 Å². The van der Waals surface area contributed by atoms with Crippen molar-refractivity contribution in [2.75, 3.05) is 11.5 Å². The Balaban J connectivity index is 1.78. The number of thioether (sulfide) groups is 1. The van der Waals surface area contributed by atoms with Crippen molar-refractivity contribution in [3.05, 3.63) is 46.4 Å². The van der Waals surface area contributed by atoms with Crippen LogP contribution in [0.15, 0.2) is 35.3 Å². The van der Waals surface area contributed by atoms with Crippen molar-refractivity contribution in [3.63, 3.8) is 0 Å². The van der Waals surface area contributed by atoms with E-state index in [-0.39, 0.29) is 16.8 Å². The molecule has 3 heterocycles. The second kappa shape index (κ2) is 6.17. The van der Waals surface area contributed by atoms with Gasteiger partial charge in [0.05, 0.1) is 17.1 Å². The number of aromatic amines is 1. The molecule has 0 bridgehead atoms. The molecule has 1 fully saturated rings. The summed E-state index contributed by atoms with van der Waals surface area (Å²) >= 11 is 1.67. The SMILES string of the molecule is O=C(NC1(C(=O)O)CCSCC1)c1cnn2c1[nH]c(=O)c1ccccc12. The molecule has 0 atom stereocenters. The van der Waals surface area contributed by atoms with Crippen LogP contribution in [-0.4, -0.2) is 48.6 Å². The molecule has 3 N–H and O–H groups in total. The Hall–Kier alpha value is -2.81. The number of carbonyl (C=O) groups excluding carboxylic acids is 1. The summed E-state index contributed by atoms with van der Waals surface area (Å²) in [5, 5.41) is 17.0. The molecule has 0 radical (unpaired) electrons. The predicted molar refractivity (Wildman–Crippen MR) is 97.7 cm³/mol. The number of nitrogens with one attached hydrogen (secondary N) is 2. The summed E-state index contributed by atoms with van der Waals surface area (Å²) in [5.41, 5.74) is -0.645. The number of carboxylic acids is 1. The third-order valence-electron chi connectivity index (χ3n) is 4.73. The molecule has 1 aliphatic heterocycles. The van der Waals surface area contributed by atoms with Crippen LogP contribution in [0.5, 0.6) is 0 Å². The number of benzene rings is 1. The van der Waals surface area contributed by atoms with Crippen LogP contribution >= 0.6 is 11.8 Å². The average molecular weight is 372 g/mol. The topological polar surface area (TPSA) is 117 Å². The van der Waals surface area contributed by atoms with E-state index < -0.39 is 17.4 Å². The molecule has 1 amide bonds. The van der Waals surface area contributed by atoms with Crippen molar-refractivity contribution in [3.8, 4) is 0 Å². The fourth-order valence-electron chi connectivity index (χ4n) is 3.24. The molecule has 3 aromatic rings. The Morgan fingerprint density at radius 1 is 1.27 bits per heavy atom. The van der Waals surface area contributed by atoms with Gasteiger partial charge in [-0.3, -0.25) is 9.59 Å². The Morgan fingerprint density at radius 2 is 2.00 bits per heavy atom. The van der Waals surface area contributed by atoms with Crippen molar-refractivity contribution in [2.24, 2.45) is 0 Å². The Kier molecular flexibility index (Phi) is 3.95. The highest BCUT2D eigenvalue weighted by atomic mass is 32.2. The predicted octanol–water partition coefficient (Wildman–Crippen LogP) is 1.26. The van der Waals surface area contributed by atoms with Gasteiger partial charge in [0.25, 0.3) is 11.5 Å². The molecule has 134 valence electrons. The Labute approximate surface area is 151 Å². The lowest BCUT2D eigenvalue weighted by Crippen LogP contribution is -2.56. The van der Waals surface area contributed by atoms with Gasteiger partial charge in [0.15, 0.2) is 0 Å². The maximum atomic E-state index is 12.8. The van der Waals surface area contributed by atoms with E-state index in [9.17, 15) is 19.5 Å². The molecule has 0 saturated carbocycles. The quantitative estimate of drug-likeness (QED) is 0.637. The van der Waals surface area contributed by atoms with E-state index in [1.165, 1.54) is 10.7 Å². The highest BCUT2D eigenvalue weighted by molar-refractivity contribution is 7.99. The molecule has 0 unspecified atom stereocenters.